The molecule has 0 saturated heterocycles. The van der Waals surface area contributed by atoms with Crippen LogP contribution in [-0.4, -0.2) is 21.6 Å². The van der Waals surface area contributed by atoms with Crippen LogP contribution in [0.3, 0.4) is 0 Å². The normalized spacial score (nSPS) is 9.58. The van der Waals surface area contributed by atoms with Crippen molar-refractivity contribution in [1.82, 2.24) is 0 Å². The third-order valence-corrected chi connectivity index (χ3v) is 0.957. The number of halogens is 1. The maximum atomic E-state index is 11.1. The summed E-state index contributed by atoms with van der Waals surface area (Å²) in [6.45, 7) is 8.47. The summed E-state index contributed by atoms with van der Waals surface area (Å²) in [7, 11) is -4.79. The van der Waals surface area contributed by atoms with Crippen LogP contribution in [0.4, 0.5) is 3.89 Å². The van der Waals surface area contributed by atoms with Crippen molar-refractivity contribution in [3.63, 3.8) is 0 Å². The highest BCUT2D eigenvalue weighted by Crippen LogP contribution is 1.90. The molecule has 0 aromatic heterocycles. The maximum Gasteiger partial charge on any atom is 0.488 e. The summed E-state index contributed by atoms with van der Waals surface area (Å²) in [4.78, 5) is 0. The van der Waals surface area contributed by atoms with Gasteiger partial charge in [0.05, 0.1) is 0 Å². The Bertz CT molecular complexity index is 186. The van der Waals surface area contributed by atoms with Crippen molar-refractivity contribution >= 4 is 10.5 Å². The minimum atomic E-state index is -4.79. The Morgan fingerprint density at radius 1 is 1.42 bits per heavy atom. The molecule has 0 aromatic rings. The smallest absolute Gasteiger partial charge is 0.382 e. The van der Waals surface area contributed by atoms with Crippen molar-refractivity contribution in [2.24, 2.45) is 0 Å². The van der Waals surface area contributed by atoms with E-state index in [2.05, 4.69) is 10.8 Å². The summed E-state index contributed by atoms with van der Waals surface area (Å²) in [5.41, 5.74) is 0. The topological polar surface area (TPSA) is 52.6 Å². The Balaban J connectivity index is 0. The van der Waals surface area contributed by atoms with E-state index in [0.717, 1.165) is 13.2 Å². The Labute approximate surface area is 72.4 Å². The lowest BCUT2D eigenvalue weighted by molar-refractivity contribution is 0.162. The second-order valence-electron chi connectivity index (χ2n) is 1.44. The molecule has 0 rings (SSSR count). The Morgan fingerprint density at radius 3 is 1.83 bits per heavy atom. The van der Waals surface area contributed by atoms with Crippen LogP contribution in [-0.2, 0) is 19.4 Å². The van der Waals surface area contributed by atoms with Crippen LogP contribution >= 0.6 is 0 Å². The molecule has 0 aliphatic carbocycles. The van der Waals surface area contributed by atoms with Crippen LogP contribution in [0, 0.1) is 0 Å². The first kappa shape index (κ1) is 13.9. The monoisotopic (exact) mass is 200 g/mol. The lowest BCUT2D eigenvalue weighted by Gasteiger charge is -1.86. The summed E-state index contributed by atoms with van der Waals surface area (Å²) in [6, 6.07) is 0. The second kappa shape index (κ2) is 8.48. The van der Waals surface area contributed by atoms with Gasteiger partial charge in [0.2, 0.25) is 0 Å². The third-order valence-electron chi connectivity index (χ3n) is 0.591. The van der Waals surface area contributed by atoms with Crippen LogP contribution in [0.2, 0.25) is 0 Å². The highest BCUT2D eigenvalue weighted by Gasteiger charge is 2.00. The molecule has 74 valence electrons. The molecule has 0 unspecified atom stereocenters. The number of hydrogen-bond acceptors (Lipinski definition) is 4. The third kappa shape index (κ3) is 22.8. The van der Waals surface area contributed by atoms with Crippen LogP contribution in [0.15, 0.2) is 12.8 Å². The van der Waals surface area contributed by atoms with Gasteiger partial charge in [-0.05, 0) is 13.8 Å². The molecule has 4 nitrogen and oxygen atoms in total. The van der Waals surface area contributed by atoms with E-state index in [-0.39, 0.29) is 0 Å². The van der Waals surface area contributed by atoms with Crippen LogP contribution in [0.25, 0.3) is 0 Å². The van der Waals surface area contributed by atoms with Gasteiger partial charge >= 0.3 is 10.5 Å². The van der Waals surface area contributed by atoms with Crippen molar-refractivity contribution in [1.29, 1.82) is 0 Å². The molecule has 0 heterocycles. The van der Waals surface area contributed by atoms with Crippen molar-refractivity contribution in [3.8, 4) is 0 Å². The van der Waals surface area contributed by atoms with Crippen molar-refractivity contribution < 1.29 is 21.2 Å². The molecule has 0 aliphatic heterocycles. The van der Waals surface area contributed by atoms with E-state index in [1.807, 2.05) is 13.8 Å². The van der Waals surface area contributed by atoms with E-state index in [1.165, 1.54) is 0 Å². The maximum absolute atomic E-state index is 11.1. The molecule has 0 amide bonds. The summed E-state index contributed by atoms with van der Waals surface area (Å²) >= 11 is 0. The SMILES string of the molecule is C=COS(=O)(=O)F.CCOCC. The summed E-state index contributed by atoms with van der Waals surface area (Å²) in [6.07, 6.45) is 0.495. The van der Waals surface area contributed by atoms with Gasteiger partial charge in [-0.1, -0.05) is 10.5 Å². The highest BCUT2D eigenvalue weighted by molar-refractivity contribution is 7.81. The summed E-state index contributed by atoms with van der Waals surface area (Å²) < 4.78 is 37.7. The van der Waals surface area contributed by atoms with E-state index in [1.54, 1.807) is 0 Å². The average molecular weight is 200 g/mol. The molecule has 6 heteroatoms. The Kier molecular flexibility index (Phi) is 9.84. The molecule has 0 bridgehead atoms. The zero-order valence-electron chi connectivity index (χ0n) is 7.12. The molecule has 0 saturated carbocycles. The van der Waals surface area contributed by atoms with Crippen molar-refractivity contribution in [3.05, 3.63) is 12.8 Å². The number of rotatable bonds is 4. The van der Waals surface area contributed by atoms with E-state index in [4.69, 9.17) is 4.74 Å². The van der Waals surface area contributed by atoms with Crippen LogP contribution in [0.5, 0.6) is 0 Å². The lowest BCUT2D eigenvalue weighted by atomic mass is 10.8. The van der Waals surface area contributed by atoms with Crippen molar-refractivity contribution in [2.45, 2.75) is 13.8 Å². The summed E-state index contributed by atoms with van der Waals surface area (Å²) in [5, 5.41) is 0. The minimum absolute atomic E-state index is 0.495. The molecular formula is C6H13FO4S. The zero-order valence-corrected chi connectivity index (χ0v) is 7.93. The van der Waals surface area contributed by atoms with E-state index >= 15 is 0 Å². The quantitative estimate of drug-likeness (QED) is 0.508. The van der Waals surface area contributed by atoms with Gasteiger partial charge in [0.25, 0.3) is 0 Å². The first-order valence-electron chi connectivity index (χ1n) is 3.29. The van der Waals surface area contributed by atoms with Crippen molar-refractivity contribution in [2.75, 3.05) is 13.2 Å². The van der Waals surface area contributed by atoms with E-state index < -0.39 is 10.5 Å². The average Bonchev–Trinajstić information content (AvgIpc) is 1.87. The molecular weight excluding hydrogens is 187 g/mol. The van der Waals surface area contributed by atoms with Crippen LogP contribution in [0.1, 0.15) is 13.8 Å². The van der Waals surface area contributed by atoms with Gasteiger partial charge in [0.15, 0.2) is 0 Å². The predicted octanol–water partition coefficient (Wildman–Crippen LogP) is 1.40. The fourth-order valence-electron chi connectivity index (χ4n) is 0.285. The van der Waals surface area contributed by atoms with Crippen LogP contribution < -0.4 is 0 Å². The van der Waals surface area contributed by atoms with Gasteiger partial charge in [-0.25, -0.2) is 0 Å². The van der Waals surface area contributed by atoms with Gasteiger partial charge in [-0.2, -0.15) is 8.42 Å². The molecule has 0 N–H and O–H groups in total. The Morgan fingerprint density at radius 2 is 1.83 bits per heavy atom. The zero-order chi connectivity index (χ0) is 10.0. The molecule has 12 heavy (non-hydrogen) atoms. The van der Waals surface area contributed by atoms with Gasteiger partial charge < -0.3 is 8.92 Å². The molecule has 0 radical (unpaired) electrons. The van der Waals surface area contributed by atoms with Gasteiger partial charge in [-0.15, -0.1) is 0 Å². The second-order valence-corrected chi connectivity index (χ2v) is 2.42. The first-order chi connectivity index (χ1) is 5.47. The summed E-state index contributed by atoms with van der Waals surface area (Å²) in [5.74, 6) is 0. The Hall–Kier alpha value is -0.620. The van der Waals surface area contributed by atoms with Gasteiger partial charge in [-0.3, -0.25) is 0 Å². The number of hydrogen-bond donors (Lipinski definition) is 0. The highest BCUT2D eigenvalue weighted by atomic mass is 32.3. The first-order valence-corrected chi connectivity index (χ1v) is 4.60. The minimum Gasteiger partial charge on any atom is -0.382 e. The van der Waals surface area contributed by atoms with E-state index in [0.29, 0.717) is 6.26 Å². The molecule has 0 aliphatic rings. The molecule has 0 aromatic carbocycles. The predicted molar refractivity (Wildman–Crippen MR) is 43.5 cm³/mol. The molecule has 0 atom stereocenters. The molecule has 0 fully saturated rings. The van der Waals surface area contributed by atoms with Gasteiger partial charge in [0, 0.05) is 13.2 Å². The van der Waals surface area contributed by atoms with Gasteiger partial charge in [0.1, 0.15) is 6.26 Å². The lowest BCUT2D eigenvalue weighted by Crippen LogP contribution is -1.88. The molecule has 0 spiro atoms. The fourth-order valence-corrected chi connectivity index (χ4v) is 0.448. The van der Waals surface area contributed by atoms with E-state index in [9.17, 15) is 12.3 Å². The standard InChI is InChI=1S/C4H10O.C2H3FO3S/c1-3-5-4-2;1-2-6-7(3,4)5/h3-4H2,1-2H3;2H,1H2. The fraction of sp³-hybridized carbons (Fsp3) is 0.667. The number of ether oxygens (including phenoxy) is 1. The largest absolute Gasteiger partial charge is 0.488 e.